The quantitative estimate of drug-likeness (QED) is 0.584. The maximum Gasteiger partial charge on any atom is 0.184 e. The standard InChI is InChI=1S/C13H25NO/c1-4-7-8-9-10-13-14-11(5-2)12(6-3)15-13/h11-12H,4-10H2,1-3H3. The Bertz CT molecular complexity index is 201. The zero-order valence-electron chi connectivity index (χ0n) is 10.5. The van der Waals surface area contributed by atoms with Crippen LogP contribution in [0.5, 0.6) is 0 Å². The van der Waals surface area contributed by atoms with Gasteiger partial charge in [-0.1, -0.05) is 40.0 Å². The van der Waals surface area contributed by atoms with Crippen LogP contribution in [0.1, 0.15) is 65.7 Å². The molecule has 1 aliphatic heterocycles. The number of nitrogens with zero attached hydrogens (tertiary/aromatic N) is 1. The van der Waals surface area contributed by atoms with E-state index in [9.17, 15) is 0 Å². The number of ether oxygens (including phenoxy) is 1. The third-order valence-corrected chi connectivity index (χ3v) is 3.09. The van der Waals surface area contributed by atoms with E-state index in [-0.39, 0.29) is 0 Å². The van der Waals surface area contributed by atoms with E-state index in [0.717, 1.165) is 25.2 Å². The van der Waals surface area contributed by atoms with Gasteiger partial charge in [0.05, 0.1) is 6.04 Å². The SMILES string of the molecule is CCCCCCC1=NC(CC)C(CC)O1. The van der Waals surface area contributed by atoms with Crippen LogP contribution in [0.2, 0.25) is 0 Å². The summed E-state index contributed by atoms with van der Waals surface area (Å²) in [7, 11) is 0. The molecule has 0 aromatic heterocycles. The summed E-state index contributed by atoms with van der Waals surface area (Å²) >= 11 is 0. The first-order chi connectivity index (χ1) is 7.31. The summed E-state index contributed by atoms with van der Waals surface area (Å²) in [5, 5.41) is 0. The van der Waals surface area contributed by atoms with Gasteiger partial charge in [0.25, 0.3) is 0 Å². The molecule has 0 fully saturated rings. The lowest BCUT2D eigenvalue weighted by Gasteiger charge is -2.13. The predicted molar refractivity (Wildman–Crippen MR) is 65.4 cm³/mol. The van der Waals surface area contributed by atoms with Gasteiger partial charge in [0.1, 0.15) is 6.10 Å². The van der Waals surface area contributed by atoms with Gasteiger partial charge in [0.15, 0.2) is 5.90 Å². The highest BCUT2D eigenvalue weighted by Gasteiger charge is 2.27. The lowest BCUT2D eigenvalue weighted by atomic mass is 10.1. The Morgan fingerprint density at radius 3 is 2.40 bits per heavy atom. The fraction of sp³-hybridized carbons (Fsp3) is 0.923. The summed E-state index contributed by atoms with van der Waals surface area (Å²) in [5.74, 6) is 1.02. The first kappa shape index (κ1) is 12.5. The van der Waals surface area contributed by atoms with Crippen molar-refractivity contribution in [1.82, 2.24) is 0 Å². The molecule has 0 aromatic rings. The lowest BCUT2D eigenvalue weighted by molar-refractivity contribution is 0.180. The van der Waals surface area contributed by atoms with E-state index in [1.807, 2.05) is 0 Å². The minimum Gasteiger partial charge on any atom is -0.475 e. The first-order valence-electron chi connectivity index (χ1n) is 6.55. The van der Waals surface area contributed by atoms with Crippen LogP contribution in [0.25, 0.3) is 0 Å². The third kappa shape index (κ3) is 3.84. The second-order valence-electron chi connectivity index (χ2n) is 4.37. The van der Waals surface area contributed by atoms with E-state index >= 15 is 0 Å². The minimum absolute atomic E-state index is 0.358. The average molecular weight is 211 g/mol. The molecule has 0 N–H and O–H groups in total. The summed E-state index contributed by atoms with van der Waals surface area (Å²) in [4.78, 5) is 4.65. The Labute approximate surface area is 94.1 Å². The molecule has 0 saturated heterocycles. The Hall–Kier alpha value is -0.530. The van der Waals surface area contributed by atoms with E-state index in [0.29, 0.717) is 12.1 Å². The van der Waals surface area contributed by atoms with Gasteiger partial charge >= 0.3 is 0 Å². The van der Waals surface area contributed by atoms with Crippen molar-refractivity contribution in [2.45, 2.75) is 77.9 Å². The van der Waals surface area contributed by atoms with Crippen LogP contribution in [0.15, 0.2) is 4.99 Å². The molecule has 15 heavy (non-hydrogen) atoms. The monoisotopic (exact) mass is 211 g/mol. The molecule has 0 aliphatic carbocycles. The molecule has 1 aliphatic rings. The second kappa shape index (κ2) is 6.86. The Morgan fingerprint density at radius 1 is 1.07 bits per heavy atom. The molecule has 0 spiro atoms. The normalized spacial score (nSPS) is 25.1. The van der Waals surface area contributed by atoms with Gasteiger partial charge in [-0.3, -0.25) is 0 Å². The van der Waals surface area contributed by atoms with Gasteiger partial charge in [0, 0.05) is 6.42 Å². The van der Waals surface area contributed by atoms with Crippen molar-refractivity contribution < 1.29 is 4.74 Å². The number of hydrogen-bond acceptors (Lipinski definition) is 2. The van der Waals surface area contributed by atoms with Crippen LogP contribution in [0.4, 0.5) is 0 Å². The van der Waals surface area contributed by atoms with Crippen molar-refractivity contribution >= 4 is 5.90 Å². The maximum absolute atomic E-state index is 5.84. The molecular weight excluding hydrogens is 186 g/mol. The number of rotatable bonds is 7. The predicted octanol–water partition coefficient (Wildman–Crippen LogP) is 3.94. The molecule has 0 radical (unpaired) electrons. The highest BCUT2D eigenvalue weighted by atomic mass is 16.5. The Morgan fingerprint density at radius 2 is 1.87 bits per heavy atom. The molecule has 1 heterocycles. The van der Waals surface area contributed by atoms with Crippen LogP contribution in [-0.2, 0) is 4.74 Å². The maximum atomic E-state index is 5.84. The topological polar surface area (TPSA) is 21.6 Å². The highest BCUT2D eigenvalue weighted by Crippen LogP contribution is 2.21. The van der Waals surface area contributed by atoms with Crippen molar-refractivity contribution in [3.63, 3.8) is 0 Å². The first-order valence-corrected chi connectivity index (χ1v) is 6.55. The van der Waals surface area contributed by atoms with Crippen molar-refractivity contribution in [3.05, 3.63) is 0 Å². The molecule has 2 nitrogen and oxygen atoms in total. The van der Waals surface area contributed by atoms with Gasteiger partial charge in [-0.25, -0.2) is 4.99 Å². The summed E-state index contributed by atoms with van der Waals surface area (Å²) in [6.07, 6.45) is 8.77. The number of hydrogen-bond donors (Lipinski definition) is 0. The van der Waals surface area contributed by atoms with E-state index in [2.05, 4.69) is 25.8 Å². The van der Waals surface area contributed by atoms with Gasteiger partial charge < -0.3 is 4.74 Å². The smallest absolute Gasteiger partial charge is 0.184 e. The zero-order chi connectivity index (χ0) is 11.1. The fourth-order valence-electron chi connectivity index (χ4n) is 2.09. The van der Waals surface area contributed by atoms with Crippen molar-refractivity contribution in [3.8, 4) is 0 Å². The van der Waals surface area contributed by atoms with E-state index < -0.39 is 0 Å². The lowest BCUT2D eigenvalue weighted by Crippen LogP contribution is -2.20. The zero-order valence-corrected chi connectivity index (χ0v) is 10.5. The summed E-state index contributed by atoms with van der Waals surface area (Å²) < 4.78 is 5.84. The molecule has 88 valence electrons. The van der Waals surface area contributed by atoms with Crippen LogP contribution in [0.3, 0.4) is 0 Å². The molecule has 1 rings (SSSR count). The van der Waals surface area contributed by atoms with E-state index in [1.165, 1.54) is 25.7 Å². The van der Waals surface area contributed by atoms with Crippen molar-refractivity contribution in [1.29, 1.82) is 0 Å². The molecule has 0 amide bonds. The molecule has 0 aromatic carbocycles. The highest BCUT2D eigenvalue weighted by molar-refractivity contribution is 5.78. The van der Waals surface area contributed by atoms with Crippen LogP contribution < -0.4 is 0 Å². The van der Waals surface area contributed by atoms with Crippen LogP contribution in [-0.4, -0.2) is 18.0 Å². The van der Waals surface area contributed by atoms with Crippen molar-refractivity contribution in [2.24, 2.45) is 4.99 Å². The molecule has 2 heteroatoms. The number of unbranched alkanes of at least 4 members (excludes halogenated alkanes) is 3. The van der Waals surface area contributed by atoms with Gasteiger partial charge in [-0.2, -0.15) is 0 Å². The summed E-state index contributed by atoms with van der Waals surface area (Å²) in [6.45, 7) is 6.62. The molecule has 2 unspecified atom stereocenters. The van der Waals surface area contributed by atoms with E-state index in [4.69, 9.17) is 4.74 Å². The largest absolute Gasteiger partial charge is 0.475 e. The molecule has 0 bridgehead atoms. The minimum atomic E-state index is 0.358. The molecular formula is C13H25NO. The Kier molecular flexibility index (Phi) is 5.74. The molecule has 2 atom stereocenters. The van der Waals surface area contributed by atoms with Crippen LogP contribution in [0, 0.1) is 0 Å². The summed E-state index contributed by atoms with van der Waals surface area (Å²) in [5.41, 5.74) is 0. The molecule has 0 saturated carbocycles. The second-order valence-corrected chi connectivity index (χ2v) is 4.37. The fourth-order valence-corrected chi connectivity index (χ4v) is 2.09. The van der Waals surface area contributed by atoms with Gasteiger partial charge in [0.2, 0.25) is 0 Å². The average Bonchev–Trinajstić information content (AvgIpc) is 2.67. The Balaban J connectivity index is 2.25. The summed E-state index contributed by atoms with van der Waals surface area (Å²) in [6, 6.07) is 0.427. The number of aliphatic imine (C=N–C) groups is 1. The van der Waals surface area contributed by atoms with Gasteiger partial charge in [-0.05, 0) is 19.3 Å². The van der Waals surface area contributed by atoms with Crippen molar-refractivity contribution in [2.75, 3.05) is 0 Å². The van der Waals surface area contributed by atoms with Crippen LogP contribution >= 0.6 is 0 Å². The van der Waals surface area contributed by atoms with E-state index in [1.54, 1.807) is 0 Å². The third-order valence-electron chi connectivity index (χ3n) is 3.09. The van der Waals surface area contributed by atoms with Gasteiger partial charge in [-0.15, -0.1) is 0 Å².